The molecule has 1 rings (SSSR count). The van der Waals surface area contributed by atoms with Gasteiger partial charge in [-0.1, -0.05) is 13.8 Å². The van der Waals surface area contributed by atoms with E-state index in [1.807, 2.05) is 6.92 Å². The van der Waals surface area contributed by atoms with Crippen molar-refractivity contribution in [3.05, 3.63) is 11.9 Å². The molecule has 0 spiro atoms. The molecule has 0 aromatic carbocycles. The molecule has 0 saturated heterocycles. The zero-order valence-electron chi connectivity index (χ0n) is 11.5. The first-order valence-electron chi connectivity index (χ1n) is 6.18. The van der Waals surface area contributed by atoms with E-state index >= 15 is 0 Å². The standard InChI is InChI=1S/C12H22N4OS/c1-5-13-11-10(9(2)3)12(16-8-15-11)14-6-7-18(4)17/h8-9H,5-7H2,1-4H3,(H2,13,14,15,16). The summed E-state index contributed by atoms with van der Waals surface area (Å²) in [7, 11) is -0.787. The molecule has 102 valence electrons. The molecule has 0 bridgehead atoms. The van der Waals surface area contributed by atoms with Crippen LogP contribution >= 0.6 is 0 Å². The third-order valence-electron chi connectivity index (χ3n) is 2.49. The van der Waals surface area contributed by atoms with Gasteiger partial charge >= 0.3 is 0 Å². The summed E-state index contributed by atoms with van der Waals surface area (Å²) in [5.41, 5.74) is 1.08. The maximum Gasteiger partial charge on any atom is 0.135 e. The highest BCUT2D eigenvalue weighted by Crippen LogP contribution is 2.27. The second kappa shape index (κ2) is 7.31. The van der Waals surface area contributed by atoms with Crippen LogP contribution in [0.4, 0.5) is 11.6 Å². The minimum absolute atomic E-state index is 0.329. The summed E-state index contributed by atoms with van der Waals surface area (Å²) in [5.74, 6) is 2.66. The van der Waals surface area contributed by atoms with Crippen molar-refractivity contribution in [3.63, 3.8) is 0 Å². The summed E-state index contributed by atoms with van der Waals surface area (Å²) in [6, 6.07) is 0. The van der Waals surface area contributed by atoms with Crippen LogP contribution in [0, 0.1) is 0 Å². The Balaban J connectivity index is 2.88. The van der Waals surface area contributed by atoms with Crippen LogP contribution in [0.5, 0.6) is 0 Å². The Hall–Kier alpha value is -1.17. The summed E-state index contributed by atoms with van der Waals surface area (Å²) < 4.78 is 11.0. The van der Waals surface area contributed by atoms with Crippen LogP contribution < -0.4 is 10.6 Å². The Kier molecular flexibility index (Phi) is 6.04. The highest BCUT2D eigenvalue weighted by Gasteiger charge is 2.14. The third-order valence-corrected chi connectivity index (χ3v) is 3.27. The van der Waals surface area contributed by atoms with Crippen LogP contribution in [0.2, 0.25) is 0 Å². The number of hydrogen-bond donors (Lipinski definition) is 2. The molecule has 18 heavy (non-hydrogen) atoms. The van der Waals surface area contributed by atoms with Gasteiger partial charge in [-0.25, -0.2) is 9.97 Å². The lowest BCUT2D eigenvalue weighted by molar-refractivity contribution is 0.687. The molecule has 0 amide bonds. The average Bonchev–Trinajstić information content (AvgIpc) is 2.28. The number of nitrogens with one attached hydrogen (secondary N) is 2. The molecule has 1 unspecified atom stereocenters. The largest absolute Gasteiger partial charge is 0.370 e. The number of nitrogens with zero attached hydrogens (tertiary/aromatic N) is 2. The van der Waals surface area contributed by atoms with E-state index in [1.165, 1.54) is 0 Å². The van der Waals surface area contributed by atoms with Gasteiger partial charge in [-0.05, 0) is 12.8 Å². The van der Waals surface area contributed by atoms with Gasteiger partial charge in [0.25, 0.3) is 0 Å². The van der Waals surface area contributed by atoms with E-state index in [0.717, 1.165) is 23.7 Å². The monoisotopic (exact) mass is 270 g/mol. The van der Waals surface area contributed by atoms with E-state index < -0.39 is 10.8 Å². The number of anilines is 2. The van der Waals surface area contributed by atoms with Crippen molar-refractivity contribution in [3.8, 4) is 0 Å². The molecule has 1 aromatic heterocycles. The first-order valence-corrected chi connectivity index (χ1v) is 7.91. The predicted molar refractivity (Wildman–Crippen MR) is 77.7 cm³/mol. The highest BCUT2D eigenvalue weighted by molar-refractivity contribution is 7.84. The minimum atomic E-state index is -0.787. The van der Waals surface area contributed by atoms with Crippen molar-refractivity contribution in [2.75, 3.05) is 35.7 Å². The fourth-order valence-corrected chi connectivity index (χ4v) is 2.09. The van der Waals surface area contributed by atoms with E-state index in [-0.39, 0.29) is 0 Å². The van der Waals surface area contributed by atoms with Crippen LogP contribution in [0.25, 0.3) is 0 Å². The average molecular weight is 270 g/mol. The Morgan fingerprint density at radius 3 is 2.39 bits per heavy atom. The molecule has 0 saturated carbocycles. The molecule has 0 radical (unpaired) electrons. The van der Waals surface area contributed by atoms with Gasteiger partial charge in [-0.2, -0.15) is 0 Å². The highest BCUT2D eigenvalue weighted by atomic mass is 32.2. The van der Waals surface area contributed by atoms with Crippen LogP contribution in [0.15, 0.2) is 6.33 Å². The molecule has 5 nitrogen and oxygen atoms in total. The van der Waals surface area contributed by atoms with Crippen molar-refractivity contribution in [2.24, 2.45) is 0 Å². The van der Waals surface area contributed by atoms with E-state index in [2.05, 4.69) is 34.4 Å². The van der Waals surface area contributed by atoms with Crippen molar-refractivity contribution < 1.29 is 4.21 Å². The smallest absolute Gasteiger partial charge is 0.135 e. The van der Waals surface area contributed by atoms with E-state index in [0.29, 0.717) is 18.2 Å². The van der Waals surface area contributed by atoms with Crippen molar-refractivity contribution in [1.82, 2.24) is 9.97 Å². The number of aromatic nitrogens is 2. The quantitative estimate of drug-likeness (QED) is 0.791. The third kappa shape index (κ3) is 4.25. The van der Waals surface area contributed by atoms with Gasteiger partial charge in [0.15, 0.2) is 0 Å². The van der Waals surface area contributed by atoms with Gasteiger partial charge in [-0.15, -0.1) is 0 Å². The summed E-state index contributed by atoms with van der Waals surface area (Å²) in [4.78, 5) is 8.55. The predicted octanol–water partition coefficient (Wildman–Crippen LogP) is 1.82. The molecule has 1 aromatic rings. The molecule has 6 heteroatoms. The Bertz CT molecular complexity index is 409. The van der Waals surface area contributed by atoms with E-state index in [9.17, 15) is 4.21 Å². The molecule has 1 atom stereocenters. The number of rotatable bonds is 7. The van der Waals surface area contributed by atoms with Crippen LogP contribution in [0.1, 0.15) is 32.3 Å². The van der Waals surface area contributed by atoms with Gasteiger partial charge in [0.05, 0.1) is 0 Å². The first-order chi connectivity index (χ1) is 8.56. The molecular formula is C12H22N4OS. The van der Waals surface area contributed by atoms with Crippen LogP contribution in [-0.2, 0) is 10.8 Å². The van der Waals surface area contributed by atoms with E-state index in [4.69, 9.17) is 0 Å². The molecule has 0 aliphatic heterocycles. The van der Waals surface area contributed by atoms with Gasteiger partial charge in [0, 0.05) is 41.5 Å². The van der Waals surface area contributed by atoms with Gasteiger partial charge in [0.2, 0.25) is 0 Å². The minimum Gasteiger partial charge on any atom is -0.370 e. The van der Waals surface area contributed by atoms with Crippen LogP contribution in [-0.4, -0.2) is 39.3 Å². The molecule has 0 aliphatic rings. The normalized spacial score (nSPS) is 12.5. The molecular weight excluding hydrogens is 248 g/mol. The maximum absolute atomic E-state index is 11.0. The summed E-state index contributed by atoms with van der Waals surface area (Å²) in [6.07, 6.45) is 3.25. The van der Waals surface area contributed by atoms with Crippen molar-refractivity contribution in [2.45, 2.75) is 26.7 Å². The Morgan fingerprint density at radius 1 is 1.28 bits per heavy atom. The first kappa shape index (κ1) is 14.9. The van der Waals surface area contributed by atoms with Crippen LogP contribution in [0.3, 0.4) is 0 Å². The molecule has 0 fully saturated rings. The summed E-state index contributed by atoms with van der Waals surface area (Å²) in [6.45, 7) is 7.76. The molecule has 0 aliphatic carbocycles. The lowest BCUT2D eigenvalue weighted by Gasteiger charge is -2.17. The lowest BCUT2D eigenvalue weighted by Crippen LogP contribution is -2.15. The zero-order chi connectivity index (χ0) is 13.5. The maximum atomic E-state index is 11.0. The zero-order valence-corrected chi connectivity index (χ0v) is 12.3. The number of hydrogen-bond acceptors (Lipinski definition) is 5. The fourth-order valence-electron chi connectivity index (χ4n) is 1.70. The second-order valence-electron chi connectivity index (χ2n) is 4.37. The fraction of sp³-hybridized carbons (Fsp3) is 0.667. The summed E-state index contributed by atoms with van der Waals surface area (Å²) in [5, 5.41) is 6.49. The Labute approximate surface area is 111 Å². The van der Waals surface area contributed by atoms with Crippen molar-refractivity contribution >= 4 is 22.4 Å². The molecule has 1 heterocycles. The van der Waals surface area contributed by atoms with Gasteiger partial charge < -0.3 is 10.6 Å². The Morgan fingerprint density at radius 2 is 1.89 bits per heavy atom. The van der Waals surface area contributed by atoms with Crippen molar-refractivity contribution in [1.29, 1.82) is 0 Å². The molecule has 2 N–H and O–H groups in total. The SMILES string of the molecule is CCNc1ncnc(NCCS(C)=O)c1C(C)C. The lowest BCUT2D eigenvalue weighted by atomic mass is 10.0. The van der Waals surface area contributed by atoms with Gasteiger partial charge in [-0.3, -0.25) is 4.21 Å². The van der Waals surface area contributed by atoms with E-state index in [1.54, 1.807) is 12.6 Å². The van der Waals surface area contributed by atoms with Gasteiger partial charge in [0.1, 0.15) is 18.0 Å². The summed E-state index contributed by atoms with van der Waals surface area (Å²) >= 11 is 0. The topological polar surface area (TPSA) is 66.9 Å². The second-order valence-corrected chi connectivity index (χ2v) is 5.93.